The lowest BCUT2D eigenvalue weighted by atomic mass is 10.1. The van der Waals surface area contributed by atoms with E-state index in [0.29, 0.717) is 22.7 Å². The molecule has 0 saturated heterocycles. The second-order valence-corrected chi connectivity index (χ2v) is 10.2. The van der Waals surface area contributed by atoms with Crippen LogP contribution in [0.5, 0.6) is 5.75 Å². The number of para-hydroxylation sites is 2. The number of carbonyl (C=O) groups excluding carboxylic acids is 3. The highest BCUT2D eigenvalue weighted by Crippen LogP contribution is 2.37. The summed E-state index contributed by atoms with van der Waals surface area (Å²) < 4.78 is 33.8. The van der Waals surface area contributed by atoms with Gasteiger partial charge in [-0.1, -0.05) is 24.3 Å². The summed E-state index contributed by atoms with van der Waals surface area (Å²) in [6.45, 7) is 1.64. The van der Waals surface area contributed by atoms with Crippen molar-refractivity contribution < 1.29 is 27.5 Å². The smallest absolute Gasteiger partial charge is 0.265 e. The van der Waals surface area contributed by atoms with Crippen LogP contribution >= 0.6 is 0 Å². The molecule has 0 aromatic heterocycles. The van der Waals surface area contributed by atoms with Gasteiger partial charge in [0, 0.05) is 19.2 Å². The highest BCUT2D eigenvalue weighted by molar-refractivity contribution is 7.93. The molecule has 11 heteroatoms. The van der Waals surface area contributed by atoms with Gasteiger partial charge in [-0.15, -0.1) is 0 Å². The van der Waals surface area contributed by atoms with E-state index in [1.807, 2.05) is 0 Å². The van der Waals surface area contributed by atoms with Gasteiger partial charge in [-0.05, 0) is 54.1 Å². The number of rotatable bonds is 8. The number of sulfonamides is 1. The first kappa shape index (κ1) is 25.7. The molecule has 0 spiro atoms. The molecule has 3 aromatic rings. The minimum absolute atomic E-state index is 0.0517. The number of fused-ring (bicyclic) bond motifs is 1. The minimum atomic E-state index is -4.24. The van der Waals surface area contributed by atoms with Crippen LogP contribution in [-0.2, 0) is 31.0 Å². The van der Waals surface area contributed by atoms with E-state index in [9.17, 15) is 22.8 Å². The van der Waals surface area contributed by atoms with Crippen molar-refractivity contribution in [2.45, 2.75) is 30.8 Å². The van der Waals surface area contributed by atoms with E-state index in [1.165, 1.54) is 26.2 Å². The number of hydrogen-bond donors (Lipinski definition) is 3. The molecular weight excluding hydrogens is 496 g/mol. The van der Waals surface area contributed by atoms with Gasteiger partial charge >= 0.3 is 0 Å². The summed E-state index contributed by atoms with van der Waals surface area (Å²) in [4.78, 5) is 37.1. The van der Waals surface area contributed by atoms with Crippen molar-refractivity contribution in [2.75, 3.05) is 22.0 Å². The number of amides is 3. The third-order valence-corrected chi connectivity index (χ3v) is 7.60. The molecule has 0 saturated carbocycles. The molecule has 0 aliphatic carbocycles. The van der Waals surface area contributed by atoms with Gasteiger partial charge in [-0.25, -0.2) is 8.42 Å². The van der Waals surface area contributed by atoms with Gasteiger partial charge in [0.2, 0.25) is 17.7 Å². The van der Waals surface area contributed by atoms with E-state index < -0.39 is 34.3 Å². The molecule has 10 nitrogen and oxygen atoms in total. The number of benzene rings is 3. The fourth-order valence-corrected chi connectivity index (χ4v) is 5.55. The first-order chi connectivity index (χ1) is 17.7. The first-order valence-electron chi connectivity index (χ1n) is 11.4. The monoisotopic (exact) mass is 522 g/mol. The molecule has 1 aliphatic rings. The van der Waals surface area contributed by atoms with Crippen LogP contribution in [0.25, 0.3) is 0 Å². The van der Waals surface area contributed by atoms with E-state index in [4.69, 9.17) is 4.74 Å². The summed E-state index contributed by atoms with van der Waals surface area (Å²) in [6.07, 6.45) is -0.411. The molecule has 3 amide bonds. The zero-order chi connectivity index (χ0) is 26.6. The van der Waals surface area contributed by atoms with Crippen LogP contribution in [0, 0.1) is 0 Å². The molecule has 37 heavy (non-hydrogen) atoms. The van der Waals surface area contributed by atoms with Gasteiger partial charge in [-0.3, -0.25) is 18.7 Å². The van der Waals surface area contributed by atoms with Crippen LogP contribution in [0.3, 0.4) is 0 Å². The number of anilines is 3. The van der Waals surface area contributed by atoms with E-state index in [0.717, 1.165) is 4.31 Å². The molecule has 4 rings (SSSR count). The maximum absolute atomic E-state index is 13.8. The summed E-state index contributed by atoms with van der Waals surface area (Å²) in [5.74, 6) is -0.741. The van der Waals surface area contributed by atoms with Gasteiger partial charge in [0.05, 0.1) is 29.8 Å². The Morgan fingerprint density at radius 2 is 1.68 bits per heavy atom. The lowest BCUT2D eigenvalue weighted by molar-refractivity contribution is -0.122. The Hall–Kier alpha value is -4.38. The second-order valence-electron chi connectivity index (χ2n) is 8.36. The number of nitrogens with one attached hydrogen (secondary N) is 3. The molecule has 1 atom stereocenters. The maximum atomic E-state index is 13.8. The average molecular weight is 523 g/mol. The number of carbonyl (C=O) groups is 3. The van der Waals surface area contributed by atoms with E-state index in [-0.39, 0.29) is 23.0 Å². The van der Waals surface area contributed by atoms with Crippen LogP contribution in [0.2, 0.25) is 0 Å². The highest BCUT2D eigenvalue weighted by Gasteiger charge is 2.42. The van der Waals surface area contributed by atoms with Crippen molar-refractivity contribution in [1.82, 2.24) is 5.32 Å². The molecule has 192 valence electrons. The summed E-state index contributed by atoms with van der Waals surface area (Å²) in [7, 11) is -2.72. The molecule has 1 heterocycles. The van der Waals surface area contributed by atoms with Crippen molar-refractivity contribution in [3.63, 3.8) is 0 Å². The quantitative estimate of drug-likeness (QED) is 0.417. The number of nitrogens with zero attached hydrogens (tertiary/aromatic N) is 1. The van der Waals surface area contributed by atoms with Crippen molar-refractivity contribution in [3.8, 4) is 5.75 Å². The number of hydrogen-bond acceptors (Lipinski definition) is 6. The van der Waals surface area contributed by atoms with Crippen LogP contribution in [0.15, 0.2) is 77.7 Å². The van der Waals surface area contributed by atoms with Crippen molar-refractivity contribution in [3.05, 3.63) is 78.4 Å². The molecule has 3 N–H and O–H groups in total. The standard InChI is InChI=1S/C26H26N4O6S/c1-17(31)27-16-18-7-13-21(14-8-18)37(34,35)30-23-6-4-3-5-22(23)29-26(33)24(30)15-25(32)28-19-9-11-20(36-2)12-10-19/h3-14,24H,15-16H2,1-2H3,(H,27,31)(H,28,32)(H,29,33). The SMILES string of the molecule is COc1ccc(NC(=O)CC2C(=O)Nc3ccccc3N2S(=O)(=O)c2ccc(CNC(C)=O)cc2)cc1. The zero-order valence-electron chi connectivity index (χ0n) is 20.2. The van der Waals surface area contributed by atoms with Crippen LogP contribution in [-0.4, -0.2) is 39.3 Å². The third kappa shape index (κ3) is 5.72. The topological polar surface area (TPSA) is 134 Å². The number of ether oxygens (including phenoxy) is 1. The van der Waals surface area contributed by atoms with E-state index >= 15 is 0 Å². The third-order valence-electron chi connectivity index (χ3n) is 5.76. The Kier molecular flexibility index (Phi) is 7.44. The van der Waals surface area contributed by atoms with Gasteiger partial charge in [-0.2, -0.15) is 0 Å². The average Bonchev–Trinajstić information content (AvgIpc) is 2.88. The van der Waals surface area contributed by atoms with Gasteiger partial charge in [0.1, 0.15) is 11.8 Å². The zero-order valence-corrected chi connectivity index (χ0v) is 21.0. The van der Waals surface area contributed by atoms with Crippen LogP contribution in [0.4, 0.5) is 17.1 Å². The summed E-state index contributed by atoms with van der Waals surface area (Å²) in [5.41, 5.74) is 1.77. The molecule has 3 aromatic carbocycles. The van der Waals surface area contributed by atoms with Crippen molar-refractivity contribution in [2.24, 2.45) is 0 Å². The Balaban J connectivity index is 1.64. The van der Waals surface area contributed by atoms with Gasteiger partial charge < -0.3 is 20.7 Å². The van der Waals surface area contributed by atoms with Gasteiger partial charge in [0.15, 0.2) is 0 Å². The largest absolute Gasteiger partial charge is 0.497 e. The van der Waals surface area contributed by atoms with Crippen molar-refractivity contribution >= 4 is 44.8 Å². The van der Waals surface area contributed by atoms with Crippen LogP contribution in [0.1, 0.15) is 18.9 Å². The fourth-order valence-electron chi connectivity index (χ4n) is 3.92. The second kappa shape index (κ2) is 10.7. The summed E-state index contributed by atoms with van der Waals surface area (Å²) >= 11 is 0. The number of methoxy groups -OCH3 is 1. The van der Waals surface area contributed by atoms with E-state index in [1.54, 1.807) is 60.7 Å². The van der Waals surface area contributed by atoms with Crippen molar-refractivity contribution in [1.29, 1.82) is 0 Å². The Morgan fingerprint density at radius 1 is 1.00 bits per heavy atom. The molecule has 1 unspecified atom stereocenters. The predicted octanol–water partition coefficient (Wildman–Crippen LogP) is 2.88. The molecule has 0 bridgehead atoms. The van der Waals surface area contributed by atoms with Crippen LogP contribution < -0.4 is 25.0 Å². The van der Waals surface area contributed by atoms with E-state index in [2.05, 4.69) is 16.0 Å². The fraction of sp³-hybridized carbons (Fsp3) is 0.192. The maximum Gasteiger partial charge on any atom is 0.265 e. The highest BCUT2D eigenvalue weighted by atomic mass is 32.2. The van der Waals surface area contributed by atoms with Gasteiger partial charge in [0.25, 0.3) is 10.0 Å². The Bertz CT molecular complexity index is 1420. The summed E-state index contributed by atoms with van der Waals surface area (Å²) in [5, 5.41) is 8.05. The minimum Gasteiger partial charge on any atom is -0.497 e. The predicted molar refractivity (Wildman–Crippen MR) is 139 cm³/mol. The Morgan fingerprint density at radius 3 is 2.32 bits per heavy atom. The normalized spacial score (nSPS) is 14.8. The molecule has 1 aliphatic heterocycles. The molecular formula is C26H26N4O6S. The molecule has 0 fully saturated rings. The first-order valence-corrected chi connectivity index (χ1v) is 12.8. The summed E-state index contributed by atoms with van der Waals surface area (Å²) in [6, 6.07) is 17.8. The lowest BCUT2D eigenvalue weighted by Gasteiger charge is -2.36. The molecule has 0 radical (unpaired) electrons. The lowest BCUT2D eigenvalue weighted by Crippen LogP contribution is -2.52. The Labute approximate surface area is 214 Å².